The minimum absolute atomic E-state index is 0.0863. The van der Waals surface area contributed by atoms with Crippen LogP contribution in [0.3, 0.4) is 0 Å². The Balaban J connectivity index is 2.33. The second-order valence-corrected chi connectivity index (χ2v) is 5.43. The van der Waals surface area contributed by atoms with Gasteiger partial charge in [0.05, 0.1) is 29.8 Å². The van der Waals surface area contributed by atoms with E-state index in [0.717, 1.165) is 0 Å². The van der Waals surface area contributed by atoms with Crippen molar-refractivity contribution in [2.45, 2.75) is 25.4 Å². The molecule has 0 spiro atoms. The van der Waals surface area contributed by atoms with Gasteiger partial charge in [-0.1, -0.05) is 18.2 Å². The number of hydrogen-bond donors (Lipinski definition) is 2. The van der Waals surface area contributed by atoms with E-state index >= 15 is 0 Å². The minimum atomic E-state index is -1.28. The van der Waals surface area contributed by atoms with Gasteiger partial charge in [-0.05, 0) is 37.5 Å². The number of aliphatic hydroxyl groups is 1. The molecule has 1 fully saturated rings. The van der Waals surface area contributed by atoms with E-state index in [1.165, 1.54) is 19.3 Å². The lowest BCUT2D eigenvalue weighted by molar-refractivity contribution is 0.0588. The Kier molecular flexibility index (Phi) is 3.75. The lowest BCUT2D eigenvalue weighted by atomic mass is 9.86. The van der Waals surface area contributed by atoms with E-state index in [1.54, 1.807) is 25.1 Å². The van der Waals surface area contributed by atoms with Crippen LogP contribution in [0.4, 0.5) is 0 Å². The molecule has 1 aliphatic rings. The summed E-state index contributed by atoms with van der Waals surface area (Å²) < 4.78 is 5.01. The Morgan fingerprint density at radius 1 is 1.52 bits per heavy atom. The Bertz CT molecular complexity index is 636. The van der Waals surface area contributed by atoms with Crippen molar-refractivity contribution in [2.75, 3.05) is 7.11 Å². The molecule has 0 heterocycles. The molecule has 0 radical (unpaired) electrons. The van der Waals surface area contributed by atoms with E-state index in [2.05, 4.69) is 6.07 Å². The fourth-order valence-electron chi connectivity index (χ4n) is 2.26. The van der Waals surface area contributed by atoms with Gasteiger partial charge in [0.1, 0.15) is 5.75 Å². The number of hydrogen-bond acceptors (Lipinski definition) is 4. The zero-order chi connectivity index (χ0) is 15.7. The normalized spacial score (nSPS) is 18.8. The molecular formula is C16H17NO4. The van der Waals surface area contributed by atoms with Crippen molar-refractivity contribution >= 4 is 12.0 Å². The van der Waals surface area contributed by atoms with Crippen LogP contribution in [0.1, 0.15) is 35.7 Å². The predicted octanol–water partition coefficient (Wildman–Crippen LogP) is 2.46. The van der Waals surface area contributed by atoms with Crippen LogP contribution in [0.2, 0.25) is 0 Å². The van der Waals surface area contributed by atoms with Gasteiger partial charge in [0.15, 0.2) is 0 Å². The summed E-state index contributed by atoms with van der Waals surface area (Å²) in [5, 5.41) is 28.8. The summed E-state index contributed by atoms with van der Waals surface area (Å²) in [6.07, 6.45) is 4.34. The minimum Gasteiger partial charge on any atom is -0.497 e. The van der Waals surface area contributed by atoms with Crippen molar-refractivity contribution in [3.05, 3.63) is 35.4 Å². The van der Waals surface area contributed by atoms with E-state index in [0.29, 0.717) is 24.2 Å². The largest absolute Gasteiger partial charge is 0.497 e. The van der Waals surface area contributed by atoms with Gasteiger partial charge in [-0.25, -0.2) is 4.79 Å². The molecular weight excluding hydrogens is 270 g/mol. The van der Waals surface area contributed by atoms with Crippen LogP contribution < -0.4 is 4.74 Å². The summed E-state index contributed by atoms with van der Waals surface area (Å²) in [7, 11) is 1.46. The van der Waals surface area contributed by atoms with Crippen LogP contribution in [0.25, 0.3) is 6.08 Å². The molecule has 5 nitrogen and oxygen atoms in total. The van der Waals surface area contributed by atoms with Gasteiger partial charge >= 0.3 is 5.97 Å². The Hall–Kier alpha value is -2.32. The number of carbonyl (C=O) groups is 1. The van der Waals surface area contributed by atoms with Gasteiger partial charge in [-0.3, -0.25) is 0 Å². The zero-order valence-corrected chi connectivity index (χ0v) is 12.0. The number of carboxylic acid groups (broad SMARTS) is 1. The molecule has 5 heteroatoms. The molecule has 0 bridgehead atoms. The molecule has 1 aromatic rings. The van der Waals surface area contributed by atoms with Gasteiger partial charge in [0.2, 0.25) is 0 Å². The van der Waals surface area contributed by atoms with Crippen LogP contribution in [0.5, 0.6) is 5.75 Å². The lowest BCUT2D eigenvalue weighted by Gasteiger charge is -2.24. The predicted molar refractivity (Wildman–Crippen MR) is 76.9 cm³/mol. The van der Waals surface area contributed by atoms with Gasteiger partial charge in [0, 0.05) is 0 Å². The summed E-state index contributed by atoms with van der Waals surface area (Å²) in [4.78, 5) is 11.3. The van der Waals surface area contributed by atoms with E-state index in [1.807, 2.05) is 0 Å². The second kappa shape index (κ2) is 5.23. The van der Waals surface area contributed by atoms with Gasteiger partial charge in [0.25, 0.3) is 0 Å². The number of methoxy groups -OCH3 is 1. The first-order valence-corrected chi connectivity index (χ1v) is 6.59. The number of aromatic carboxylic acids is 1. The zero-order valence-electron chi connectivity index (χ0n) is 12.0. The summed E-state index contributed by atoms with van der Waals surface area (Å²) >= 11 is 0. The maximum atomic E-state index is 11.3. The maximum Gasteiger partial charge on any atom is 0.336 e. The standard InChI is InChI=1S/C16H17NO4/c1-15(20,16(10-17)7-8-16)6-5-11-3-4-12(21-2)9-13(11)14(18)19/h3-6,9,20H,7-8H2,1-2H3,(H,18,19)/b6-5+/t15-/m0/s1. The van der Waals surface area contributed by atoms with Gasteiger partial charge in [-0.15, -0.1) is 0 Å². The van der Waals surface area contributed by atoms with Crippen LogP contribution in [-0.4, -0.2) is 28.9 Å². The lowest BCUT2D eigenvalue weighted by Crippen LogP contribution is -2.32. The Morgan fingerprint density at radius 3 is 2.67 bits per heavy atom. The molecule has 0 unspecified atom stereocenters. The van der Waals surface area contributed by atoms with Crippen LogP contribution >= 0.6 is 0 Å². The number of nitriles is 1. The molecule has 1 saturated carbocycles. The Morgan fingerprint density at radius 2 is 2.19 bits per heavy atom. The fraction of sp³-hybridized carbons (Fsp3) is 0.375. The molecule has 1 aliphatic carbocycles. The third-order valence-electron chi connectivity index (χ3n) is 4.01. The highest BCUT2D eigenvalue weighted by atomic mass is 16.5. The number of rotatable bonds is 5. The van der Waals surface area contributed by atoms with Crippen LogP contribution in [-0.2, 0) is 0 Å². The summed E-state index contributed by atoms with van der Waals surface area (Å²) in [6, 6.07) is 6.83. The third-order valence-corrected chi connectivity index (χ3v) is 4.01. The molecule has 21 heavy (non-hydrogen) atoms. The quantitative estimate of drug-likeness (QED) is 0.868. The number of carboxylic acids is 1. The first kappa shape index (κ1) is 15.1. The average Bonchev–Trinajstić information content (AvgIpc) is 3.26. The summed E-state index contributed by atoms with van der Waals surface area (Å²) in [6.45, 7) is 1.57. The highest BCUT2D eigenvalue weighted by Gasteiger charge is 2.55. The van der Waals surface area contributed by atoms with E-state index in [4.69, 9.17) is 10.00 Å². The van der Waals surface area contributed by atoms with Crippen molar-refractivity contribution in [2.24, 2.45) is 5.41 Å². The number of ether oxygens (including phenoxy) is 1. The molecule has 0 amide bonds. The maximum absolute atomic E-state index is 11.3. The topological polar surface area (TPSA) is 90.5 Å². The monoisotopic (exact) mass is 287 g/mol. The Labute approximate surface area is 123 Å². The smallest absolute Gasteiger partial charge is 0.336 e. The van der Waals surface area contributed by atoms with Gasteiger partial charge < -0.3 is 14.9 Å². The number of benzene rings is 1. The molecule has 110 valence electrons. The van der Waals surface area contributed by atoms with Gasteiger partial charge in [-0.2, -0.15) is 5.26 Å². The van der Waals surface area contributed by atoms with E-state index in [-0.39, 0.29) is 5.56 Å². The average molecular weight is 287 g/mol. The van der Waals surface area contributed by atoms with Crippen LogP contribution in [0, 0.1) is 16.7 Å². The molecule has 1 atom stereocenters. The molecule has 2 N–H and O–H groups in total. The van der Waals surface area contributed by atoms with Crippen molar-refractivity contribution in [3.63, 3.8) is 0 Å². The van der Waals surface area contributed by atoms with Crippen LogP contribution in [0.15, 0.2) is 24.3 Å². The molecule has 0 saturated heterocycles. The van der Waals surface area contributed by atoms with Crippen molar-refractivity contribution < 1.29 is 19.7 Å². The first-order chi connectivity index (χ1) is 9.85. The third kappa shape index (κ3) is 2.76. The second-order valence-electron chi connectivity index (χ2n) is 5.43. The van der Waals surface area contributed by atoms with E-state index < -0.39 is 17.0 Å². The molecule has 2 rings (SSSR count). The van der Waals surface area contributed by atoms with Crippen molar-refractivity contribution in [1.29, 1.82) is 5.26 Å². The SMILES string of the molecule is COc1ccc(/C=C/[C@](C)(O)C2(C#N)CC2)c(C(=O)O)c1. The van der Waals surface area contributed by atoms with Crippen molar-refractivity contribution in [3.8, 4) is 11.8 Å². The molecule has 0 aromatic heterocycles. The number of nitrogens with zero attached hydrogens (tertiary/aromatic N) is 1. The highest BCUT2D eigenvalue weighted by Crippen LogP contribution is 2.54. The van der Waals surface area contributed by atoms with E-state index in [9.17, 15) is 15.0 Å². The molecule has 0 aliphatic heterocycles. The fourth-order valence-corrected chi connectivity index (χ4v) is 2.26. The summed E-state index contributed by atoms with van der Waals surface area (Å²) in [5.41, 5.74) is -1.49. The summed E-state index contributed by atoms with van der Waals surface area (Å²) in [5.74, 6) is -0.624. The first-order valence-electron chi connectivity index (χ1n) is 6.59. The molecule has 1 aromatic carbocycles. The highest BCUT2D eigenvalue weighted by molar-refractivity contribution is 5.92. The van der Waals surface area contributed by atoms with Crippen molar-refractivity contribution in [1.82, 2.24) is 0 Å².